The molecule has 0 radical (unpaired) electrons. The Bertz CT molecular complexity index is 725. The van der Waals surface area contributed by atoms with E-state index in [1.54, 1.807) is 32.9 Å². The molecule has 2 rings (SSSR count). The van der Waals surface area contributed by atoms with E-state index in [0.29, 0.717) is 5.56 Å². The van der Waals surface area contributed by atoms with Gasteiger partial charge >= 0.3 is 7.12 Å². The average molecular weight is 383 g/mol. The summed E-state index contributed by atoms with van der Waals surface area (Å²) in [6, 6.07) is 7.21. The second-order valence-corrected chi connectivity index (χ2v) is 10.7. The van der Waals surface area contributed by atoms with Crippen molar-refractivity contribution >= 4 is 22.6 Å². The van der Waals surface area contributed by atoms with Gasteiger partial charge < -0.3 is 14.4 Å². The van der Waals surface area contributed by atoms with Gasteiger partial charge in [-0.3, -0.25) is 0 Å². The second-order valence-electron chi connectivity index (χ2n) is 8.40. The van der Waals surface area contributed by atoms with Crippen molar-refractivity contribution in [1.29, 1.82) is 0 Å². The van der Waals surface area contributed by atoms with Crippen LogP contribution in [0.5, 0.6) is 0 Å². The number of hydrogen-bond acceptors (Lipinski definition) is 5. The molecule has 1 atom stereocenters. The van der Waals surface area contributed by atoms with Crippen molar-refractivity contribution in [2.75, 3.05) is 6.54 Å². The lowest BCUT2D eigenvalue weighted by Crippen LogP contribution is -2.41. The molecule has 146 valence electrons. The summed E-state index contributed by atoms with van der Waals surface area (Å²) in [7, 11) is -3.91. The first-order valence-corrected chi connectivity index (χ1v) is 10.4. The van der Waals surface area contributed by atoms with E-state index in [1.807, 2.05) is 39.8 Å². The SMILES string of the molecule is CC(C)S(=O)(=O)NCC(C)(O)c1ccc(B2OC(C)(C)C(C)(C)O2)cc1. The molecule has 0 saturated carbocycles. The Balaban J connectivity index is 2.12. The Kier molecular flexibility index (Phi) is 5.68. The Labute approximate surface area is 157 Å². The van der Waals surface area contributed by atoms with Crippen LogP contribution in [0.3, 0.4) is 0 Å². The van der Waals surface area contributed by atoms with Gasteiger partial charge in [-0.05, 0) is 59.5 Å². The number of aliphatic hydroxyl groups is 1. The van der Waals surface area contributed by atoms with Crippen molar-refractivity contribution in [3.8, 4) is 0 Å². The number of benzene rings is 1. The molecule has 8 heteroatoms. The third-order valence-corrected chi connectivity index (χ3v) is 7.08. The lowest BCUT2D eigenvalue weighted by Gasteiger charge is -2.32. The average Bonchev–Trinajstić information content (AvgIpc) is 2.74. The number of sulfonamides is 1. The molecule has 1 aromatic carbocycles. The summed E-state index contributed by atoms with van der Waals surface area (Å²) >= 11 is 0. The molecule has 1 saturated heterocycles. The molecular formula is C18H30BNO5S. The molecule has 1 aliphatic rings. The predicted octanol–water partition coefficient (Wildman–Crippen LogP) is 1.52. The van der Waals surface area contributed by atoms with E-state index in [1.165, 1.54) is 0 Å². The molecule has 1 fully saturated rings. The van der Waals surface area contributed by atoms with E-state index >= 15 is 0 Å². The predicted molar refractivity (Wildman–Crippen MR) is 104 cm³/mol. The molecule has 2 N–H and O–H groups in total. The topological polar surface area (TPSA) is 84.9 Å². The minimum atomic E-state index is -3.44. The summed E-state index contributed by atoms with van der Waals surface area (Å²) < 4.78 is 38.3. The van der Waals surface area contributed by atoms with Gasteiger partial charge in [0.1, 0.15) is 5.60 Å². The van der Waals surface area contributed by atoms with Crippen molar-refractivity contribution in [2.45, 2.75) is 70.5 Å². The van der Waals surface area contributed by atoms with Crippen molar-refractivity contribution in [3.05, 3.63) is 29.8 Å². The third-order valence-electron chi connectivity index (χ3n) is 5.30. The summed E-state index contributed by atoms with van der Waals surface area (Å²) in [6.45, 7) is 12.6. The maximum atomic E-state index is 11.9. The number of rotatable bonds is 6. The van der Waals surface area contributed by atoms with Crippen LogP contribution in [0.2, 0.25) is 0 Å². The summed E-state index contributed by atoms with van der Waals surface area (Å²) in [5.74, 6) is 0. The van der Waals surface area contributed by atoms with Gasteiger partial charge in [-0.2, -0.15) is 0 Å². The molecular weight excluding hydrogens is 353 g/mol. The first-order chi connectivity index (χ1) is 11.7. The fourth-order valence-electron chi connectivity index (χ4n) is 2.49. The molecule has 0 aliphatic carbocycles. The van der Waals surface area contributed by atoms with Crippen molar-refractivity contribution < 1.29 is 22.8 Å². The van der Waals surface area contributed by atoms with E-state index in [2.05, 4.69) is 4.72 Å². The van der Waals surface area contributed by atoms with E-state index in [4.69, 9.17) is 9.31 Å². The zero-order valence-electron chi connectivity index (χ0n) is 16.7. The van der Waals surface area contributed by atoms with Crippen LogP contribution in [0.4, 0.5) is 0 Å². The van der Waals surface area contributed by atoms with Crippen LogP contribution in [0.15, 0.2) is 24.3 Å². The third kappa shape index (κ3) is 4.31. The maximum Gasteiger partial charge on any atom is 0.494 e. The fraction of sp³-hybridized carbons (Fsp3) is 0.667. The van der Waals surface area contributed by atoms with Crippen molar-refractivity contribution in [3.63, 3.8) is 0 Å². The fourth-order valence-corrected chi connectivity index (χ4v) is 3.30. The summed E-state index contributed by atoms with van der Waals surface area (Å²) in [5, 5.41) is 10.1. The zero-order chi connectivity index (χ0) is 20.0. The number of hydrogen-bond donors (Lipinski definition) is 2. The quantitative estimate of drug-likeness (QED) is 0.728. The first-order valence-electron chi connectivity index (χ1n) is 8.85. The second kappa shape index (κ2) is 6.91. The summed E-state index contributed by atoms with van der Waals surface area (Å²) in [5.41, 5.74) is -0.695. The molecule has 26 heavy (non-hydrogen) atoms. The number of nitrogens with one attached hydrogen (secondary N) is 1. The maximum absolute atomic E-state index is 11.9. The summed E-state index contributed by atoms with van der Waals surface area (Å²) in [4.78, 5) is 0. The first kappa shape index (κ1) is 21.4. The van der Waals surface area contributed by atoms with Crippen LogP contribution in [0.25, 0.3) is 0 Å². The lowest BCUT2D eigenvalue weighted by atomic mass is 9.78. The highest BCUT2D eigenvalue weighted by Gasteiger charge is 2.51. The van der Waals surface area contributed by atoms with Gasteiger partial charge in [0.2, 0.25) is 10.0 Å². The van der Waals surface area contributed by atoms with Crippen LogP contribution >= 0.6 is 0 Å². The Morgan fingerprint density at radius 3 is 2.00 bits per heavy atom. The van der Waals surface area contributed by atoms with Crippen LogP contribution in [0, 0.1) is 0 Å². The molecule has 0 spiro atoms. The Morgan fingerprint density at radius 1 is 1.12 bits per heavy atom. The molecule has 1 aliphatic heterocycles. The zero-order valence-corrected chi connectivity index (χ0v) is 17.5. The van der Waals surface area contributed by atoms with Crippen LogP contribution in [0.1, 0.15) is 54.0 Å². The lowest BCUT2D eigenvalue weighted by molar-refractivity contribution is 0.00578. The van der Waals surface area contributed by atoms with E-state index < -0.39 is 39.2 Å². The Morgan fingerprint density at radius 2 is 1.58 bits per heavy atom. The monoisotopic (exact) mass is 383 g/mol. The standard InChI is InChI=1S/C18H30BNO5S/c1-13(2)26(22,23)20-12-18(7,21)14-8-10-15(11-9-14)19-24-16(3,4)17(5,6)25-19/h8-11,13,20-21H,12H2,1-7H3. The largest absolute Gasteiger partial charge is 0.494 e. The molecule has 0 amide bonds. The van der Waals surface area contributed by atoms with Crippen LogP contribution in [-0.4, -0.2) is 43.6 Å². The smallest absolute Gasteiger partial charge is 0.399 e. The van der Waals surface area contributed by atoms with Gasteiger partial charge in [-0.15, -0.1) is 0 Å². The van der Waals surface area contributed by atoms with Gasteiger partial charge in [0.05, 0.1) is 16.5 Å². The van der Waals surface area contributed by atoms with Crippen molar-refractivity contribution in [2.24, 2.45) is 0 Å². The summed E-state index contributed by atoms with van der Waals surface area (Å²) in [6.07, 6.45) is 0. The van der Waals surface area contributed by atoms with Gasteiger partial charge in [-0.1, -0.05) is 24.3 Å². The van der Waals surface area contributed by atoms with E-state index in [9.17, 15) is 13.5 Å². The molecule has 1 aromatic rings. The highest BCUT2D eigenvalue weighted by atomic mass is 32.2. The molecule has 0 bridgehead atoms. The van der Waals surface area contributed by atoms with Crippen LogP contribution in [-0.2, 0) is 24.9 Å². The van der Waals surface area contributed by atoms with Crippen LogP contribution < -0.4 is 10.2 Å². The minimum Gasteiger partial charge on any atom is -0.399 e. The molecule has 0 aromatic heterocycles. The molecule has 1 unspecified atom stereocenters. The molecule has 6 nitrogen and oxygen atoms in total. The highest BCUT2D eigenvalue weighted by molar-refractivity contribution is 7.90. The van der Waals surface area contributed by atoms with Gasteiger partial charge in [0.25, 0.3) is 0 Å². The van der Waals surface area contributed by atoms with Crippen molar-refractivity contribution in [1.82, 2.24) is 4.72 Å². The van der Waals surface area contributed by atoms with Gasteiger partial charge in [0, 0.05) is 6.54 Å². The van der Waals surface area contributed by atoms with E-state index in [0.717, 1.165) is 5.46 Å². The Hall–Kier alpha value is -0.925. The normalized spacial score (nSPS) is 21.8. The van der Waals surface area contributed by atoms with E-state index in [-0.39, 0.29) is 6.54 Å². The molecule has 1 heterocycles. The van der Waals surface area contributed by atoms with Gasteiger partial charge in [0.15, 0.2) is 0 Å². The highest BCUT2D eigenvalue weighted by Crippen LogP contribution is 2.36. The van der Waals surface area contributed by atoms with Gasteiger partial charge in [-0.25, -0.2) is 13.1 Å². The minimum absolute atomic E-state index is 0.0939.